The topological polar surface area (TPSA) is 69.6 Å². The van der Waals surface area contributed by atoms with Gasteiger partial charge >= 0.3 is 5.97 Å². The second kappa shape index (κ2) is 4.51. The lowest BCUT2D eigenvalue weighted by atomic mass is 10.0. The highest BCUT2D eigenvalue weighted by Crippen LogP contribution is 2.19. The average molecular weight is 230 g/mol. The first kappa shape index (κ1) is 11.8. The summed E-state index contributed by atoms with van der Waals surface area (Å²) in [6.07, 6.45) is 0. The lowest BCUT2D eigenvalue weighted by molar-refractivity contribution is -0.143. The van der Waals surface area contributed by atoms with Crippen molar-refractivity contribution in [2.45, 2.75) is 12.5 Å². The lowest BCUT2D eigenvalue weighted by Crippen LogP contribution is -2.46. The van der Waals surface area contributed by atoms with Gasteiger partial charge in [-0.3, -0.25) is 0 Å². The summed E-state index contributed by atoms with van der Waals surface area (Å²) in [4.78, 5) is 10.9. The van der Waals surface area contributed by atoms with Crippen LogP contribution in [0.15, 0.2) is 24.3 Å². The second-order valence-corrected chi connectivity index (χ2v) is 3.87. The highest BCUT2D eigenvalue weighted by molar-refractivity contribution is 6.30. The van der Waals surface area contributed by atoms with Crippen molar-refractivity contribution in [2.24, 2.45) is 0 Å². The number of carboxylic acids is 1. The van der Waals surface area contributed by atoms with Crippen molar-refractivity contribution in [2.75, 3.05) is 11.9 Å². The normalized spacial score (nSPS) is 14.3. The third kappa shape index (κ3) is 2.84. The lowest BCUT2D eigenvalue weighted by Gasteiger charge is -2.24. The molecule has 0 aromatic heterocycles. The van der Waals surface area contributed by atoms with Crippen LogP contribution in [0.4, 0.5) is 5.69 Å². The Balaban J connectivity index is 2.89. The van der Waals surface area contributed by atoms with E-state index in [2.05, 4.69) is 5.32 Å². The van der Waals surface area contributed by atoms with Crippen molar-refractivity contribution in [3.8, 4) is 0 Å². The molecule has 1 rings (SSSR count). The smallest absolute Gasteiger partial charge is 0.331 e. The SMILES string of the molecule is CC(CO)(Nc1cccc(Cl)c1)C(=O)O. The number of rotatable bonds is 4. The quantitative estimate of drug-likeness (QED) is 0.733. The number of hydrogen-bond donors (Lipinski definition) is 3. The number of halogens is 1. The number of nitrogens with one attached hydrogen (secondary N) is 1. The summed E-state index contributed by atoms with van der Waals surface area (Å²) in [7, 11) is 0. The monoisotopic (exact) mass is 229 g/mol. The fraction of sp³-hybridized carbons (Fsp3) is 0.300. The van der Waals surface area contributed by atoms with Crippen molar-refractivity contribution in [1.29, 1.82) is 0 Å². The molecule has 0 aliphatic rings. The minimum Gasteiger partial charge on any atom is -0.479 e. The first-order valence-corrected chi connectivity index (χ1v) is 4.74. The molecule has 0 heterocycles. The van der Waals surface area contributed by atoms with Gasteiger partial charge < -0.3 is 15.5 Å². The highest BCUT2D eigenvalue weighted by atomic mass is 35.5. The number of benzene rings is 1. The van der Waals surface area contributed by atoms with Crippen LogP contribution in [0.5, 0.6) is 0 Å². The Labute approximate surface area is 92.5 Å². The molecule has 1 aromatic rings. The summed E-state index contributed by atoms with van der Waals surface area (Å²) in [6.45, 7) is 0.894. The molecule has 1 aromatic carbocycles. The van der Waals surface area contributed by atoms with Crippen molar-refractivity contribution < 1.29 is 15.0 Å². The van der Waals surface area contributed by atoms with Gasteiger partial charge in [0.15, 0.2) is 5.54 Å². The predicted molar refractivity (Wildman–Crippen MR) is 58.2 cm³/mol. The molecule has 0 spiro atoms. The van der Waals surface area contributed by atoms with Crippen molar-refractivity contribution in [1.82, 2.24) is 0 Å². The maximum absolute atomic E-state index is 10.9. The van der Waals surface area contributed by atoms with E-state index in [4.69, 9.17) is 21.8 Å². The van der Waals surface area contributed by atoms with Crippen LogP contribution >= 0.6 is 11.6 Å². The van der Waals surface area contributed by atoms with Crippen LogP contribution in [0.3, 0.4) is 0 Å². The van der Waals surface area contributed by atoms with Crippen molar-refractivity contribution in [3.05, 3.63) is 29.3 Å². The minimum absolute atomic E-state index is 0.505. The summed E-state index contributed by atoms with van der Waals surface area (Å²) in [5, 5.41) is 21.1. The molecule has 0 amide bonds. The highest BCUT2D eigenvalue weighted by Gasteiger charge is 2.32. The van der Waals surface area contributed by atoms with Crippen LogP contribution in [0.1, 0.15) is 6.92 Å². The van der Waals surface area contributed by atoms with E-state index in [-0.39, 0.29) is 0 Å². The summed E-state index contributed by atoms with van der Waals surface area (Å²) < 4.78 is 0. The number of aliphatic carboxylic acids is 1. The van der Waals surface area contributed by atoms with Crippen molar-refractivity contribution >= 4 is 23.3 Å². The van der Waals surface area contributed by atoms with E-state index < -0.39 is 18.1 Å². The van der Waals surface area contributed by atoms with Crippen LogP contribution < -0.4 is 5.32 Å². The van der Waals surface area contributed by atoms with Gasteiger partial charge in [-0.2, -0.15) is 0 Å². The van der Waals surface area contributed by atoms with Crippen LogP contribution in [-0.2, 0) is 4.79 Å². The summed E-state index contributed by atoms with van der Waals surface area (Å²) >= 11 is 5.75. The van der Waals surface area contributed by atoms with Crippen molar-refractivity contribution in [3.63, 3.8) is 0 Å². The Morgan fingerprint density at radius 2 is 2.27 bits per heavy atom. The van der Waals surface area contributed by atoms with E-state index in [1.54, 1.807) is 24.3 Å². The number of aliphatic hydroxyl groups is 1. The van der Waals surface area contributed by atoms with E-state index in [1.165, 1.54) is 6.92 Å². The zero-order valence-electron chi connectivity index (χ0n) is 8.20. The molecule has 82 valence electrons. The molecule has 4 nitrogen and oxygen atoms in total. The van der Waals surface area contributed by atoms with Gasteiger partial charge in [0, 0.05) is 10.7 Å². The molecule has 15 heavy (non-hydrogen) atoms. The molecule has 0 aliphatic heterocycles. The average Bonchev–Trinajstić information content (AvgIpc) is 2.17. The standard InChI is InChI=1S/C10H12ClNO3/c1-10(6-13,9(14)15)12-8-4-2-3-7(11)5-8/h2-5,12-13H,6H2,1H3,(H,14,15). The zero-order valence-corrected chi connectivity index (χ0v) is 8.95. The summed E-state index contributed by atoms with van der Waals surface area (Å²) in [5.41, 5.74) is -0.841. The van der Waals surface area contributed by atoms with Gasteiger partial charge in [0.05, 0.1) is 6.61 Å². The van der Waals surface area contributed by atoms with Gasteiger partial charge in [-0.05, 0) is 25.1 Å². The van der Waals surface area contributed by atoms with Gasteiger partial charge in [0.1, 0.15) is 0 Å². The zero-order chi connectivity index (χ0) is 11.5. The van der Waals surface area contributed by atoms with Gasteiger partial charge in [0.2, 0.25) is 0 Å². The van der Waals surface area contributed by atoms with E-state index >= 15 is 0 Å². The van der Waals surface area contributed by atoms with Crippen LogP contribution in [0.25, 0.3) is 0 Å². The number of aliphatic hydroxyl groups excluding tert-OH is 1. The van der Waals surface area contributed by atoms with E-state index in [0.29, 0.717) is 10.7 Å². The molecule has 0 radical (unpaired) electrons. The minimum atomic E-state index is -1.40. The van der Waals surface area contributed by atoms with Crippen LogP contribution in [0, 0.1) is 0 Å². The predicted octanol–water partition coefficient (Wildman–Crippen LogP) is 1.59. The fourth-order valence-corrected chi connectivity index (χ4v) is 1.24. The molecule has 0 bridgehead atoms. The third-order valence-electron chi connectivity index (χ3n) is 2.03. The molecule has 0 saturated heterocycles. The van der Waals surface area contributed by atoms with Gasteiger partial charge in [-0.1, -0.05) is 17.7 Å². The second-order valence-electron chi connectivity index (χ2n) is 3.43. The Hall–Kier alpha value is -1.26. The Morgan fingerprint density at radius 1 is 1.60 bits per heavy atom. The van der Waals surface area contributed by atoms with Crippen LogP contribution in [-0.4, -0.2) is 28.3 Å². The van der Waals surface area contributed by atoms with E-state index in [1.807, 2.05) is 0 Å². The maximum Gasteiger partial charge on any atom is 0.331 e. The maximum atomic E-state index is 10.9. The van der Waals surface area contributed by atoms with E-state index in [9.17, 15) is 4.79 Å². The largest absolute Gasteiger partial charge is 0.479 e. The van der Waals surface area contributed by atoms with Crippen LogP contribution in [0.2, 0.25) is 5.02 Å². The molecular weight excluding hydrogens is 218 g/mol. The Morgan fingerprint density at radius 3 is 2.73 bits per heavy atom. The first-order valence-electron chi connectivity index (χ1n) is 4.36. The van der Waals surface area contributed by atoms with Gasteiger partial charge in [-0.25, -0.2) is 4.79 Å². The summed E-state index contributed by atoms with van der Waals surface area (Å²) in [5.74, 6) is -1.12. The molecule has 5 heteroatoms. The fourth-order valence-electron chi connectivity index (χ4n) is 1.05. The number of anilines is 1. The molecule has 1 unspecified atom stereocenters. The molecule has 0 fully saturated rings. The molecular formula is C10H12ClNO3. The summed E-state index contributed by atoms with van der Waals surface area (Å²) in [6, 6.07) is 6.66. The number of carboxylic acid groups (broad SMARTS) is 1. The van der Waals surface area contributed by atoms with Gasteiger partial charge in [0.25, 0.3) is 0 Å². The molecule has 1 atom stereocenters. The van der Waals surface area contributed by atoms with Gasteiger partial charge in [-0.15, -0.1) is 0 Å². The third-order valence-corrected chi connectivity index (χ3v) is 2.27. The first-order chi connectivity index (χ1) is 6.98. The Bertz CT molecular complexity index is 369. The molecule has 3 N–H and O–H groups in total. The molecule has 0 aliphatic carbocycles. The number of hydrogen-bond acceptors (Lipinski definition) is 3. The Kier molecular flexibility index (Phi) is 3.55. The molecule has 0 saturated carbocycles. The number of carbonyl (C=O) groups is 1. The van der Waals surface area contributed by atoms with E-state index in [0.717, 1.165) is 0 Å².